The third-order valence-electron chi connectivity index (χ3n) is 9.55. The third-order valence-corrected chi connectivity index (χ3v) is 9.55. The molecule has 5 aromatic carbocycles. The van der Waals surface area contributed by atoms with E-state index < -0.39 is 0 Å². The summed E-state index contributed by atoms with van der Waals surface area (Å²) in [6.45, 7) is 13.1. The molecule has 7 rings (SSSR count). The van der Waals surface area contributed by atoms with Crippen molar-refractivity contribution in [3.8, 4) is 50.6 Å². The number of fused-ring (bicyclic) bond motifs is 1. The summed E-state index contributed by atoms with van der Waals surface area (Å²) in [5, 5.41) is 11.8. The Morgan fingerprint density at radius 1 is 0.667 bits per heavy atom. The molecular weight excluding hydrogens is 806 g/mol. The fourth-order valence-corrected chi connectivity index (χ4v) is 6.72. The van der Waals surface area contributed by atoms with Gasteiger partial charge in [-0.15, -0.1) is 29.3 Å². The summed E-state index contributed by atoms with van der Waals surface area (Å²) in [6.07, 6.45) is 2.66. The molecule has 2 heterocycles. The van der Waals surface area contributed by atoms with Crippen molar-refractivity contribution in [1.29, 1.82) is 0 Å². The van der Waals surface area contributed by atoms with Gasteiger partial charge in [0.1, 0.15) is 11.6 Å². The number of pyridine rings is 1. The number of phenolic OH excluding ortho intramolecular Hbond substituents is 1. The maximum absolute atomic E-state index is 11.8. The molecule has 0 amide bonds. The number of aryl methyl sites for hydroxylation is 1. The monoisotopic (exact) mass is 849 g/mol. The Kier molecular flexibility index (Phi) is 9.94. The van der Waals surface area contributed by atoms with E-state index in [-0.39, 0.29) is 37.6 Å². The topological polar surface area (TPSA) is 50.9 Å². The van der Waals surface area contributed by atoms with E-state index >= 15 is 0 Å². The molecule has 0 aliphatic rings. The van der Waals surface area contributed by atoms with Crippen LogP contribution in [0.2, 0.25) is 0 Å². The predicted octanol–water partition coefficient (Wildman–Crippen LogP) is 11.3. The number of rotatable bonds is 6. The predicted molar refractivity (Wildman–Crippen MR) is 207 cm³/mol. The molecule has 2 aromatic heterocycles. The normalized spacial score (nSPS) is 11.8. The van der Waals surface area contributed by atoms with Crippen LogP contribution in [-0.4, -0.2) is 19.6 Å². The summed E-state index contributed by atoms with van der Waals surface area (Å²) in [4.78, 5) is 10.1. The fraction of sp³-hybridized carbons (Fsp3) is 0.217. The Morgan fingerprint density at radius 3 is 2.04 bits per heavy atom. The van der Waals surface area contributed by atoms with E-state index in [4.69, 9.17) is 9.97 Å². The largest absolute Gasteiger partial charge is 0.507 e. The number of para-hydroxylation sites is 1. The van der Waals surface area contributed by atoms with Crippen molar-refractivity contribution in [3.05, 3.63) is 150 Å². The molecule has 0 radical (unpaired) electrons. The molecule has 0 atom stereocenters. The van der Waals surface area contributed by atoms with Crippen LogP contribution in [0.3, 0.4) is 0 Å². The quantitative estimate of drug-likeness (QED) is 0.170. The molecule has 4 nitrogen and oxygen atoms in total. The van der Waals surface area contributed by atoms with Gasteiger partial charge in [-0.3, -0.25) is 4.98 Å². The summed E-state index contributed by atoms with van der Waals surface area (Å²) < 4.78 is 2.10. The molecule has 260 valence electrons. The Bertz CT molecular complexity index is 2330. The number of benzene rings is 5. The average molecular weight is 850 g/mol. The zero-order valence-electron chi connectivity index (χ0n) is 30.4. The van der Waals surface area contributed by atoms with Gasteiger partial charge in [-0.1, -0.05) is 138 Å². The van der Waals surface area contributed by atoms with Gasteiger partial charge in [0.2, 0.25) is 0 Å². The molecule has 0 aliphatic carbocycles. The number of nitrogens with zero attached hydrogens (tertiary/aromatic N) is 3. The molecule has 5 heteroatoms. The first-order chi connectivity index (χ1) is 23.9. The number of phenols is 1. The third kappa shape index (κ3) is 7.34. The van der Waals surface area contributed by atoms with Crippen LogP contribution in [0.15, 0.2) is 121 Å². The first-order valence-corrected chi connectivity index (χ1v) is 17.3. The first kappa shape index (κ1) is 36.0. The Balaban J connectivity index is 0.00000448. The molecule has 51 heavy (non-hydrogen) atoms. The minimum absolute atomic E-state index is 0. The molecule has 0 unspecified atom stereocenters. The van der Waals surface area contributed by atoms with Crippen molar-refractivity contribution < 1.29 is 26.2 Å². The van der Waals surface area contributed by atoms with Crippen molar-refractivity contribution in [2.24, 2.45) is 7.05 Å². The second-order valence-corrected chi connectivity index (χ2v) is 15.4. The van der Waals surface area contributed by atoms with Crippen molar-refractivity contribution in [2.75, 3.05) is 0 Å². The molecule has 0 spiro atoms. The molecule has 0 aliphatic heterocycles. The van der Waals surface area contributed by atoms with Crippen molar-refractivity contribution in [1.82, 2.24) is 14.5 Å². The van der Waals surface area contributed by atoms with E-state index in [2.05, 4.69) is 161 Å². The maximum Gasteiger partial charge on any atom is 0.143 e. The SMILES string of the molecule is Cn1c(-c2cc(C(C)(C)C)cc(C(C)(C)C)c2O)nc2c(-c3[c-]c(-c4cc(-c5ccccc5)ccn4)cc(Cc4ccccc4)c3)cccc21.[Pt]. The molecule has 0 saturated heterocycles. The molecule has 0 fully saturated rings. The van der Waals surface area contributed by atoms with Crippen molar-refractivity contribution >= 4 is 11.0 Å². The van der Waals surface area contributed by atoms with E-state index in [1.54, 1.807) is 0 Å². The zero-order valence-corrected chi connectivity index (χ0v) is 32.6. The van der Waals surface area contributed by atoms with Crippen molar-refractivity contribution in [3.63, 3.8) is 0 Å². The smallest absolute Gasteiger partial charge is 0.143 e. The van der Waals surface area contributed by atoms with E-state index in [1.165, 1.54) is 16.7 Å². The zero-order chi connectivity index (χ0) is 35.2. The van der Waals surface area contributed by atoms with Gasteiger partial charge in [-0.05, 0) is 57.7 Å². The summed E-state index contributed by atoms with van der Waals surface area (Å²) in [7, 11) is 2.04. The maximum atomic E-state index is 11.8. The summed E-state index contributed by atoms with van der Waals surface area (Å²) in [6, 6.07) is 43.9. The first-order valence-electron chi connectivity index (χ1n) is 17.3. The molecule has 0 saturated carbocycles. The van der Waals surface area contributed by atoms with Gasteiger partial charge in [0.15, 0.2) is 0 Å². The van der Waals surface area contributed by atoms with Crippen LogP contribution < -0.4 is 0 Å². The number of imidazole rings is 1. The Labute approximate surface area is 316 Å². The standard InChI is InChI=1S/C46H44N3O.Pt/c1-45(2,3)36-28-38(43(50)39(29-36)46(4,5)6)44-48-42-37(19-14-20-41(42)49(44)7)34-24-31(23-30-15-10-8-11-16-30)25-35(26-34)40-27-33(21-22-47-40)32-17-12-9-13-18-32;/h8-22,24-25,27-29,50H,23H2,1-7H3;/q-1;. The minimum atomic E-state index is -0.244. The summed E-state index contributed by atoms with van der Waals surface area (Å²) >= 11 is 0. The van der Waals surface area contributed by atoms with Gasteiger partial charge >= 0.3 is 0 Å². The van der Waals surface area contributed by atoms with Crippen LogP contribution in [0.25, 0.3) is 55.9 Å². The van der Waals surface area contributed by atoms with Crippen LogP contribution in [0, 0.1) is 6.07 Å². The van der Waals surface area contributed by atoms with Gasteiger partial charge < -0.3 is 9.67 Å². The molecule has 0 bridgehead atoms. The Morgan fingerprint density at radius 2 is 1.35 bits per heavy atom. The van der Waals surface area contributed by atoms with Crippen LogP contribution in [0.1, 0.15) is 63.8 Å². The van der Waals surface area contributed by atoms with Gasteiger partial charge in [0, 0.05) is 45.6 Å². The number of hydrogen-bond acceptors (Lipinski definition) is 3. The number of aromatic nitrogens is 3. The van der Waals surface area contributed by atoms with Crippen LogP contribution in [0.5, 0.6) is 5.75 Å². The van der Waals surface area contributed by atoms with Crippen molar-refractivity contribution in [2.45, 2.75) is 58.8 Å². The average Bonchev–Trinajstić information content (AvgIpc) is 3.44. The van der Waals surface area contributed by atoms with Gasteiger partial charge in [-0.2, -0.15) is 0 Å². The van der Waals surface area contributed by atoms with E-state index in [0.717, 1.165) is 67.9 Å². The van der Waals surface area contributed by atoms with Crippen LogP contribution in [-0.2, 0) is 45.4 Å². The summed E-state index contributed by atoms with van der Waals surface area (Å²) in [5.41, 5.74) is 12.8. The van der Waals surface area contributed by atoms with Gasteiger partial charge in [-0.25, -0.2) is 4.98 Å². The number of aromatic hydroxyl groups is 1. The van der Waals surface area contributed by atoms with Crippen LogP contribution in [0.4, 0.5) is 0 Å². The minimum Gasteiger partial charge on any atom is -0.507 e. The van der Waals surface area contributed by atoms with Gasteiger partial charge in [0.25, 0.3) is 0 Å². The van der Waals surface area contributed by atoms with E-state index in [9.17, 15) is 5.11 Å². The Hall–Kier alpha value is -4.79. The fourth-order valence-electron chi connectivity index (χ4n) is 6.72. The summed E-state index contributed by atoms with van der Waals surface area (Å²) in [5.74, 6) is 1.02. The van der Waals surface area contributed by atoms with Crippen LogP contribution >= 0.6 is 0 Å². The second-order valence-electron chi connectivity index (χ2n) is 15.4. The molecule has 7 aromatic rings. The molecular formula is C46H44N3OPt-. The molecule has 1 N–H and O–H groups in total. The van der Waals surface area contributed by atoms with E-state index in [1.807, 2.05) is 19.3 Å². The van der Waals surface area contributed by atoms with E-state index in [0.29, 0.717) is 0 Å². The van der Waals surface area contributed by atoms with Gasteiger partial charge in [0.05, 0.1) is 16.6 Å². The number of hydrogen-bond donors (Lipinski definition) is 1. The second kappa shape index (κ2) is 14.1.